The maximum absolute atomic E-state index is 13.5. The Hall–Kier alpha value is -2.72. The van der Waals surface area contributed by atoms with E-state index in [0.29, 0.717) is 26.1 Å². The highest BCUT2D eigenvalue weighted by Gasteiger charge is 2.41. The molecule has 0 radical (unpaired) electrons. The van der Waals surface area contributed by atoms with Gasteiger partial charge in [0.1, 0.15) is 6.10 Å². The first-order valence-electron chi connectivity index (χ1n) is 11.7. The Balaban J connectivity index is 1.57. The van der Waals surface area contributed by atoms with E-state index in [-0.39, 0.29) is 24.1 Å². The molecule has 2 amide bonds. The van der Waals surface area contributed by atoms with Gasteiger partial charge in [0.25, 0.3) is 5.91 Å². The van der Waals surface area contributed by atoms with E-state index < -0.39 is 12.2 Å². The normalized spacial score (nSPS) is 21.6. The van der Waals surface area contributed by atoms with Gasteiger partial charge in [-0.3, -0.25) is 4.79 Å². The summed E-state index contributed by atoms with van der Waals surface area (Å²) in [7, 11) is 1.35. The fourth-order valence-corrected chi connectivity index (χ4v) is 4.40. The minimum absolute atomic E-state index is 0.00914. The van der Waals surface area contributed by atoms with Crippen LogP contribution in [-0.4, -0.2) is 76.7 Å². The summed E-state index contributed by atoms with van der Waals surface area (Å²) >= 11 is 0. The van der Waals surface area contributed by atoms with Crippen LogP contribution < -0.4 is 10.6 Å². The number of pyridine rings is 1. The third-order valence-electron chi connectivity index (χ3n) is 6.21. The summed E-state index contributed by atoms with van der Waals surface area (Å²) < 4.78 is 12.5. The Kier molecular flexibility index (Phi) is 7.14. The van der Waals surface area contributed by atoms with Gasteiger partial charge < -0.3 is 25.0 Å². The number of hydrogen-bond donors (Lipinski definition) is 2. The Morgan fingerprint density at radius 2 is 2.15 bits per heavy atom. The number of ether oxygens (including phenoxy) is 2. The summed E-state index contributed by atoms with van der Waals surface area (Å²) in [5.74, 6) is 0.0223. The average molecular weight is 459 g/mol. The number of morpholine rings is 1. The predicted octanol–water partition coefficient (Wildman–Crippen LogP) is 1.91. The van der Waals surface area contributed by atoms with Crippen molar-refractivity contribution in [3.8, 4) is 0 Å². The molecule has 10 nitrogen and oxygen atoms in total. The number of alkyl carbamates (subject to hydrolysis) is 1. The van der Waals surface area contributed by atoms with Crippen LogP contribution in [0.25, 0.3) is 11.0 Å². The van der Waals surface area contributed by atoms with Crippen molar-refractivity contribution in [3.05, 3.63) is 23.5 Å². The van der Waals surface area contributed by atoms with Crippen molar-refractivity contribution in [1.82, 2.24) is 30.3 Å². The number of aryl methyl sites for hydroxylation is 2. The SMILES string of the molecule is COC(=O)NCCCn1nc([C@@H](C)N(C(=O)[C@H]2CNC[C@@H](C)O2)C2CC2)c2ccc(C)nc21. The molecule has 2 fully saturated rings. The Morgan fingerprint density at radius 3 is 2.85 bits per heavy atom. The lowest BCUT2D eigenvalue weighted by atomic mass is 10.1. The van der Waals surface area contributed by atoms with E-state index in [0.717, 1.165) is 41.8 Å². The highest BCUT2D eigenvalue weighted by Crippen LogP contribution is 2.37. The number of hydrogen-bond acceptors (Lipinski definition) is 7. The molecule has 2 N–H and O–H groups in total. The zero-order chi connectivity index (χ0) is 23.5. The van der Waals surface area contributed by atoms with E-state index in [9.17, 15) is 9.59 Å². The number of carbonyl (C=O) groups excluding carboxylic acids is 2. The van der Waals surface area contributed by atoms with Crippen LogP contribution in [0.5, 0.6) is 0 Å². The third kappa shape index (κ3) is 5.27. The standard InChI is InChI=1S/C23H34N6O4/c1-14-6-9-18-20(27-28(21(18)26-14)11-5-10-25-23(31)32-4)16(3)29(17-7-8-17)22(30)19-13-24-12-15(2)33-19/h6,9,15-17,19,24H,5,7-8,10-13H2,1-4H3,(H,25,31)/t15-,16-,19-/m1/s1. The van der Waals surface area contributed by atoms with Crippen molar-refractivity contribution in [3.63, 3.8) is 0 Å². The molecule has 0 spiro atoms. The molecule has 0 bridgehead atoms. The summed E-state index contributed by atoms with van der Waals surface area (Å²) in [5, 5.41) is 11.8. The molecule has 0 aromatic carbocycles. The second-order valence-electron chi connectivity index (χ2n) is 8.95. The molecule has 10 heteroatoms. The van der Waals surface area contributed by atoms with Gasteiger partial charge in [0.15, 0.2) is 5.65 Å². The number of methoxy groups -OCH3 is 1. The minimum atomic E-state index is -0.477. The smallest absolute Gasteiger partial charge is 0.406 e. The van der Waals surface area contributed by atoms with Gasteiger partial charge in [0.05, 0.1) is 24.9 Å². The van der Waals surface area contributed by atoms with Crippen molar-refractivity contribution in [2.45, 2.75) is 70.9 Å². The zero-order valence-corrected chi connectivity index (χ0v) is 19.8. The number of carbonyl (C=O) groups is 2. The van der Waals surface area contributed by atoms with Crippen molar-refractivity contribution in [1.29, 1.82) is 0 Å². The van der Waals surface area contributed by atoms with Crippen LogP contribution in [0.4, 0.5) is 4.79 Å². The summed E-state index contributed by atoms with van der Waals surface area (Å²) in [4.78, 5) is 31.5. The van der Waals surface area contributed by atoms with Gasteiger partial charge in [-0.25, -0.2) is 14.5 Å². The monoisotopic (exact) mass is 458 g/mol. The van der Waals surface area contributed by atoms with Crippen LogP contribution >= 0.6 is 0 Å². The van der Waals surface area contributed by atoms with E-state index in [1.54, 1.807) is 0 Å². The largest absolute Gasteiger partial charge is 0.453 e. The van der Waals surface area contributed by atoms with Crippen LogP contribution in [0.3, 0.4) is 0 Å². The minimum Gasteiger partial charge on any atom is -0.453 e. The van der Waals surface area contributed by atoms with E-state index in [2.05, 4.69) is 15.4 Å². The molecule has 1 aliphatic carbocycles. The van der Waals surface area contributed by atoms with Gasteiger partial charge in [0.2, 0.25) is 0 Å². The lowest BCUT2D eigenvalue weighted by Gasteiger charge is -2.35. The first-order valence-corrected chi connectivity index (χ1v) is 11.7. The number of rotatable bonds is 8. The average Bonchev–Trinajstić information content (AvgIpc) is 3.57. The summed E-state index contributed by atoms with van der Waals surface area (Å²) in [5.41, 5.74) is 2.54. The summed E-state index contributed by atoms with van der Waals surface area (Å²) in [6, 6.07) is 4.03. The van der Waals surface area contributed by atoms with Crippen LogP contribution in [0.15, 0.2) is 12.1 Å². The second kappa shape index (κ2) is 10.0. The van der Waals surface area contributed by atoms with Crippen LogP contribution in [0.1, 0.15) is 50.5 Å². The van der Waals surface area contributed by atoms with Gasteiger partial charge >= 0.3 is 6.09 Å². The molecular formula is C23H34N6O4. The molecule has 180 valence electrons. The van der Waals surface area contributed by atoms with E-state index in [4.69, 9.17) is 14.8 Å². The van der Waals surface area contributed by atoms with Crippen molar-refractivity contribution in [2.75, 3.05) is 26.7 Å². The molecular weight excluding hydrogens is 424 g/mol. The molecule has 2 aromatic heterocycles. The third-order valence-corrected chi connectivity index (χ3v) is 6.21. The zero-order valence-electron chi connectivity index (χ0n) is 19.8. The molecule has 1 saturated heterocycles. The van der Waals surface area contributed by atoms with Crippen molar-refractivity contribution < 1.29 is 19.1 Å². The highest BCUT2D eigenvalue weighted by molar-refractivity contribution is 5.84. The Labute approximate surface area is 194 Å². The summed E-state index contributed by atoms with van der Waals surface area (Å²) in [6.07, 6.45) is 1.77. The molecule has 2 aliphatic rings. The fourth-order valence-electron chi connectivity index (χ4n) is 4.40. The lowest BCUT2D eigenvalue weighted by molar-refractivity contribution is -0.152. The van der Waals surface area contributed by atoms with E-state index in [1.807, 2.05) is 42.5 Å². The van der Waals surface area contributed by atoms with Gasteiger partial charge in [-0.2, -0.15) is 5.10 Å². The number of fused-ring (bicyclic) bond motifs is 1. The molecule has 4 rings (SSSR count). The van der Waals surface area contributed by atoms with Gasteiger partial charge in [-0.05, 0) is 52.2 Å². The van der Waals surface area contributed by atoms with Gasteiger partial charge in [-0.1, -0.05) is 0 Å². The van der Waals surface area contributed by atoms with Gasteiger partial charge in [-0.15, -0.1) is 0 Å². The van der Waals surface area contributed by atoms with Crippen LogP contribution in [-0.2, 0) is 20.8 Å². The van der Waals surface area contributed by atoms with Crippen LogP contribution in [0.2, 0.25) is 0 Å². The predicted molar refractivity (Wildman–Crippen MR) is 123 cm³/mol. The van der Waals surface area contributed by atoms with Crippen molar-refractivity contribution in [2.24, 2.45) is 0 Å². The number of nitrogens with one attached hydrogen (secondary N) is 2. The van der Waals surface area contributed by atoms with Crippen LogP contribution in [0, 0.1) is 6.92 Å². The molecule has 1 saturated carbocycles. The summed E-state index contributed by atoms with van der Waals surface area (Å²) in [6.45, 7) is 8.33. The number of nitrogens with zero attached hydrogens (tertiary/aromatic N) is 4. The van der Waals surface area contributed by atoms with E-state index >= 15 is 0 Å². The first-order chi connectivity index (χ1) is 15.9. The van der Waals surface area contributed by atoms with Crippen molar-refractivity contribution >= 4 is 23.0 Å². The van der Waals surface area contributed by atoms with Gasteiger partial charge in [0, 0.05) is 43.3 Å². The molecule has 3 atom stereocenters. The Morgan fingerprint density at radius 1 is 1.36 bits per heavy atom. The number of amides is 2. The molecule has 3 heterocycles. The van der Waals surface area contributed by atoms with E-state index in [1.165, 1.54) is 7.11 Å². The molecule has 0 unspecified atom stereocenters. The maximum Gasteiger partial charge on any atom is 0.406 e. The number of aromatic nitrogens is 3. The second-order valence-corrected chi connectivity index (χ2v) is 8.95. The first kappa shape index (κ1) is 23.4. The molecule has 2 aromatic rings. The Bertz CT molecular complexity index is 1000. The quantitative estimate of drug-likeness (QED) is 0.582. The maximum atomic E-state index is 13.5. The fraction of sp³-hybridized carbons (Fsp3) is 0.652. The lowest BCUT2D eigenvalue weighted by Crippen LogP contribution is -2.53. The molecule has 33 heavy (non-hydrogen) atoms. The highest BCUT2D eigenvalue weighted by atomic mass is 16.5. The molecule has 1 aliphatic heterocycles. The topological polar surface area (TPSA) is 111 Å².